The summed E-state index contributed by atoms with van der Waals surface area (Å²) in [5.74, 6) is -1.60. The third kappa shape index (κ3) is 3.65. The summed E-state index contributed by atoms with van der Waals surface area (Å²) < 4.78 is 56.9. The van der Waals surface area contributed by atoms with Crippen molar-refractivity contribution in [3.63, 3.8) is 0 Å². The molecule has 1 heterocycles. The van der Waals surface area contributed by atoms with Crippen molar-refractivity contribution in [3.05, 3.63) is 82.7 Å². The monoisotopic (exact) mass is 427 g/mol. The maximum Gasteiger partial charge on any atom is 0.416 e. The lowest BCUT2D eigenvalue weighted by molar-refractivity contribution is -0.138. The molecule has 0 saturated heterocycles. The summed E-state index contributed by atoms with van der Waals surface area (Å²) in [6.07, 6.45) is -3.07. The Bertz CT molecular complexity index is 1300. The zero-order valence-electron chi connectivity index (χ0n) is 16.7. The molecular weight excluding hydrogens is 408 g/mol. The second kappa shape index (κ2) is 7.72. The number of fused-ring (bicyclic) bond motifs is 3. The van der Waals surface area contributed by atoms with Crippen molar-refractivity contribution in [2.75, 3.05) is 0 Å². The van der Waals surface area contributed by atoms with Gasteiger partial charge in [0.15, 0.2) is 0 Å². The Kier molecular flexibility index (Phi) is 5.21. The largest absolute Gasteiger partial charge is 0.416 e. The standard InChI is InChI=1S/C24H19F4N2O/c1-2-5-14-10-11-15-21(12-14)30(20-9-3-6-16(22(15)20)23(29)31)13-17-18(24(26,27)28)7-4-8-19(17)25/h3-4,6-10,12H,2,5,13H2,1H3,(H2,29,31). The van der Waals surface area contributed by atoms with Gasteiger partial charge in [-0.3, -0.25) is 4.79 Å². The molecule has 0 aliphatic heterocycles. The number of alkyl halides is 3. The summed E-state index contributed by atoms with van der Waals surface area (Å²) in [6, 6.07) is 14.6. The molecule has 31 heavy (non-hydrogen) atoms. The summed E-state index contributed by atoms with van der Waals surface area (Å²) in [4.78, 5) is 12.0. The molecular formula is C24H19F4N2O. The van der Waals surface area contributed by atoms with E-state index in [9.17, 15) is 22.4 Å². The number of rotatable bonds is 5. The van der Waals surface area contributed by atoms with Crippen LogP contribution in [0.25, 0.3) is 21.8 Å². The normalized spacial score (nSPS) is 12.0. The zero-order chi connectivity index (χ0) is 22.3. The number of aromatic nitrogens is 1. The maximum absolute atomic E-state index is 14.6. The SMILES string of the molecule is CCCc1c[c]c2c3c(C(N)=O)cccc3n(Cc3c(F)cccc3C(F)(F)F)c2c1. The molecule has 159 valence electrons. The Morgan fingerprint density at radius 2 is 1.87 bits per heavy atom. The lowest BCUT2D eigenvalue weighted by Gasteiger charge is -2.16. The molecule has 0 atom stereocenters. The van der Waals surface area contributed by atoms with Gasteiger partial charge < -0.3 is 10.3 Å². The highest BCUT2D eigenvalue weighted by atomic mass is 19.4. The zero-order valence-corrected chi connectivity index (χ0v) is 16.7. The van der Waals surface area contributed by atoms with Crippen molar-refractivity contribution in [2.45, 2.75) is 32.5 Å². The highest BCUT2D eigenvalue weighted by Crippen LogP contribution is 2.37. The molecule has 4 rings (SSSR count). The number of hydrogen-bond acceptors (Lipinski definition) is 1. The van der Waals surface area contributed by atoms with Crippen LogP contribution < -0.4 is 5.73 Å². The molecule has 0 aliphatic carbocycles. The summed E-state index contributed by atoms with van der Waals surface area (Å²) in [6.45, 7) is 1.66. The smallest absolute Gasteiger partial charge is 0.366 e. The lowest BCUT2D eigenvalue weighted by Crippen LogP contribution is -2.14. The molecule has 0 bridgehead atoms. The van der Waals surface area contributed by atoms with Crippen LogP contribution in [-0.2, 0) is 19.1 Å². The van der Waals surface area contributed by atoms with E-state index in [0.717, 1.165) is 36.6 Å². The van der Waals surface area contributed by atoms with E-state index >= 15 is 0 Å². The number of halogens is 4. The van der Waals surface area contributed by atoms with Crippen LogP contribution in [0.2, 0.25) is 0 Å². The van der Waals surface area contributed by atoms with Gasteiger partial charge in [0.25, 0.3) is 0 Å². The first-order valence-corrected chi connectivity index (χ1v) is 9.82. The number of hydrogen-bond donors (Lipinski definition) is 1. The Hall–Kier alpha value is -3.35. The van der Waals surface area contributed by atoms with Crippen LogP contribution >= 0.6 is 0 Å². The van der Waals surface area contributed by atoms with Gasteiger partial charge in [0, 0.05) is 21.9 Å². The lowest BCUT2D eigenvalue weighted by atomic mass is 10.0. The van der Waals surface area contributed by atoms with Gasteiger partial charge in [-0.15, -0.1) is 0 Å². The molecule has 1 amide bonds. The minimum atomic E-state index is -4.70. The van der Waals surface area contributed by atoms with E-state index in [1.807, 2.05) is 13.0 Å². The minimum absolute atomic E-state index is 0.241. The van der Waals surface area contributed by atoms with Gasteiger partial charge in [-0.05, 0) is 48.4 Å². The summed E-state index contributed by atoms with van der Waals surface area (Å²) >= 11 is 0. The van der Waals surface area contributed by atoms with Crippen molar-refractivity contribution in [1.82, 2.24) is 4.57 Å². The van der Waals surface area contributed by atoms with Crippen LogP contribution in [0.3, 0.4) is 0 Å². The summed E-state index contributed by atoms with van der Waals surface area (Å²) in [5, 5.41) is 1.06. The van der Waals surface area contributed by atoms with Crippen molar-refractivity contribution in [3.8, 4) is 0 Å². The Morgan fingerprint density at radius 3 is 2.55 bits per heavy atom. The average Bonchev–Trinajstić information content (AvgIpc) is 3.02. The van der Waals surface area contributed by atoms with Gasteiger partial charge >= 0.3 is 6.18 Å². The number of primary amides is 1. The van der Waals surface area contributed by atoms with E-state index in [-0.39, 0.29) is 12.1 Å². The van der Waals surface area contributed by atoms with Crippen LogP contribution in [0.4, 0.5) is 17.6 Å². The van der Waals surface area contributed by atoms with E-state index in [4.69, 9.17) is 5.73 Å². The van der Waals surface area contributed by atoms with Crippen LogP contribution in [-0.4, -0.2) is 10.5 Å². The minimum Gasteiger partial charge on any atom is -0.366 e. The van der Waals surface area contributed by atoms with Crippen molar-refractivity contribution in [2.24, 2.45) is 5.73 Å². The number of nitrogens with two attached hydrogens (primary N) is 1. The molecule has 4 aromatic rings. The number of aryl methyl sites for hydroxylation is 1. The molecule has 0 fully saturated rings. The first-order chi connectivity index (χ1) is 14.7. The maximum atomic E-state index is 14.6. The van der Waals surface area contributed by atoms with Crippen molar-refractivity contribution < 1.29 is 22.4 Å². The molecule has 2 N–H and O–H groups in total. The second-order valence-electron chi connectivity index (χ2n) is 7.43. The molecule has 0 spiro atoms. The van der Waals surface area contributed by atoms with E-state index in [2.05, 4.69) is 6.07 Å². The molecule has 7 heteroatoms. The fraction of sp³-hybridized carbons (Fsp3) is 0.208. The predicted octanol–water partition coefficient (Wildman–Crippen LogP) is 5.85. The third-order valence-electron chi connectivity index (χ3n) is 5.40. The van der Waals surface area contributed by atoms with Gasteiger partial charge in [0.2, 0.25) is 5.91 Å². The molecule has 0 saturated carbocycles. The van der Waals surface area contributed by atoms with E-state index in [1.165, 1.54) is 0 Å². The fourth-order valence-electron chi connectivity index (χ4n) is 4.05. The molecule has 3 aromatic carbocycles. The van der Waals surface area contributed by atoms with Gasteiger partial charge in [-0.2, -0.15) is 13.2 Å². The Morgan fingerprint density at radius 1 is 1.13 bits per heavy atom. The highest BCUT2D eigenvalue weighted by molar-refractivity contribution is 6.17. The summed E-state index contributed by atoms with van der Waals surface area (Å²) in [7, 11) is 0. The van der Waals surface area contributed by atoms with E-state index in [1.54, 1.807) is 28.8 Å². The second-order valence-corrected chi connectivity index (χ2v) is 7.43. The first-order valence-electron chi connectivity index (χ1n) is 9.82. The number of nitrogens with zero attached hydrogens (tertiary/aromatic N) is 1. The fourth-order valence-corrected chi connectivity index (χ4v) is 4.05. The van der Waals surface area contributed by atoms with Crippen LogP contribution in [0.1, 0.15) is 40.4 Å². The number of carbonyl (C=O) groups excluding carboxylic acids is 1. The van der Waals surface area contributed by atoms with Crippen LogP contribution in [0, 0.1) is 11.9 Å². The molecule has 3 nitrogen and oxygen atoms in total. The van der Waals surface area contributed by atoms with Crippen LogP contribution in [0.5, 0.6) is 0 Å². The predicted molar refractivity (Wildman–Crippen MR) is 111 cm³/mol. The van der Waals surface area contributed by atoms with Crippen molar-refractivity contribution in [1.29, 1.82) is 0 Å². The number of benzene rings is 3. The topological polar surface area (TPSA) is 48.0 Å². The van der Waals surface area contributed by atoms with Crippen LogP contribution in [0.15, 0.2) is 48.5 Å². The molecule has 1 aromatic heterocycles. The highest BCUT2D eigenvalue weighted by Gasteiger charge is 2.34. The molecule has 0 aliphatic rings. The molecule has 1 radical (unpaired) electrons. The average molecular weight is 427 g/mol. The number of carbonyl (C=O) groups is 1. The quantitative estimate of drug-likeness (QED) is 0.399. The summed E-state index contributed by atoms with van der Waals surface area (Å²) in [5.41, 5.74) is 6.32. The number of amides is 1. The third-order valence-corrected chi connectivity index (χ3v) is 5.40. The van der Waals surface area contributed by atoms with Gasteiger partial charge in [-0.1, -0.05) is 31.5 Å². The Labute approximate surface area is 176 Å². The van der Waals surface area contributed by atoms with Gasteiger partial charge in [0.05, 0.1) is 23.1 Å². The van der Waals surface area contributed by atoms with E-state index < -0.39 is 29.0 Å². The van der Waals surface area contributed by atoms with E-state index in [0.29, 0.717) is 21.8 Å². The van der Waals surface area contributed by atoms with Gasteiger partial charge in [0.1, 0.15) is 5.82 Å². The first kappa shape index (κ1) is 20.9. The van der Waals surface area contributed by atoms with Gasteiger partial charge in [-0.25, -0.2) is 4.39 Å². The molecule has 0 unspecified atom stereocenters. The van der Waals surface area contributed by atoms with Crippen molar-refractivity contribution >= 4 is 27.7 Å². The Balaban J connectivity index is 2.05.